The van der Waals surface area contributed by atoms with Crippen molar-refractivity contribution in [2.45, 2.75) is 9.79 Å². The number of aromatic hydroxyl groups is 2. The average molecular weight is 270 g/mol. The van der Waals surface area contributed by atoms with Crippen LogP contribution in [0.25, 0.3) is 0 Å². The van der Waals surface area contributed by atoms with Crippen molar-refractivity contribution in [3.63, 3.8) is 0 Å². The van der Waals surface area contributed by atoms with Crippen molar-refractivity contribution in [2.75, 3.05) is 0 Å². The summed E-state index contributed by atoms with van der Waals surface area (Å²) in [6.45, 7) is 0. The molecule has 0 aliphatic rings. The summed E-state index contributed by atoms with van der Waals surface area (Å²) in [7, 11) is -10.1. The first-order chi connectivity index (χ1) is 7.03. The Balaban J connectivity index is 3.87. The highest BCUT2D eigenvalue weighted by Crippen LogP contribution is 2.33. The van der Waals surface area contributed by atoms with Gasteiger partial charge < -0.3 is 10.2 Å². The maximum Gasteiger partial charge on any atom is 0.299 e. The number of rotatable bonds is 2. The van der Waals surface area contributed by atoms with E-state index < -0.39 is 41.5 Å². The van der Waals surface area contributed by atoms with Crippen LogP contribution < -0.4 is 0 Å². The molecule has 0 saturated heterocycles. The third kappa shape index (κ3) is 2.41. The maximum absolute atomic E-state index is 10.8. The van der Waals surface area contributed by atoms with Gasteiger partial charge in [-0.25, -0.2) is 0 Å². The normalized spacial score (nSPS) is 12.6. The Kier molecular flexibility index (Phi) is 2.85. The van der Waals surface area contributed by atoms with Crippen LogP contribution in [-0.4, -0.2) is 36.2 Å². The summed E-state index contributed by atoms with van der Waals surface area (Å²) in [6, 6.07) is 0.871. The minimum absolute atomic E-state index is 0.373. The number of phenolic OH excluding ortho intramolecular Hbond substituents is 2. The molecule has 90 valence electrons. The van der Waals surface area contributed by atoms with E-state index in [1.807, 2.05) is 0 Å². The molecule has 0 unspecified atom stereocenters. The average Bonchev–Trinajstić information content (AvgIpc) is 1.97. The third-order valence-corrected chi connectivity index (χ3v) is 3.51. The third-order valence-electron chi connectivity index (χ3n) is 1.56. The summed E-state index contributed by atoms with van der Waals surface area (Å²) in [4.78, 5) is -2.71. The van der Waals surface area contributed by atoms with Gasteiger partial charge in [0.25, 0.3) is 20.2 Å². The van der Waals surface area contributed by atoms with E-state index in [-0.39, 0.29) is 0 Å². The van der Waals surface area contributed by atoms with E-state index in [0.29, 0.717) is 12.1 Å². The van der Waals surface area contributed by atoms with Gasteiger partial charge in [0.05, 0.1) is 0 Å². The van der Waals surface area contributed by atoms with Crippen molar-refractivity contribution >= 4 is 20.2 Å². The molecule has 0 amide bonds. The Morgan fingerprint density at radius 3 is 1.75 bits per heavy atom. The van der Waals surface area contributed by atoms with Gasteiger partial charge in [-0.1, -0.05) is 0 Å². The topological polar surface area (TPSA) is 149 Å². The second kappa shape index (κ2) is 3.59. The van der Waals surface area contributed by atoms with Crippen molar-refractivity contribution < 1.29 is 36.2 Å². The second-order valence-electron chi connectivity index (χ2n) is 2.74. The van der Waals surface area contributed by atoms with Crippen LogP contribution in [0.5, 0.6) is 11.5 Å². The predicted molar refractivity (Wildman–Crippen MR) is 49.4 cm³/mol. The van der Waals surface area contributed by atoms with Crippen LogP contribution in [-0.2, 0) is 20.2 Å². The van der Waals surface area contributed by atoms with E-state index in [0.717, 1.165) is 0 Å². The molecular weight excluding hydrogens is 264 g/mol. The van der Waals surface area contributed by atoms with E-state index >= 15 is 0 Å². The molecule has 0 heterocycles. The van der Waals surface area contributed by atoms with E-state index in [4.69, 9.17) is 19.3 Å². The summed E-state index contributed by atoms with van der Waals surface area (Å²) in [5, 5.41) is 18.0. The Morgan fingerprint density at radius 1 is 0.875 bits per heavy atom. The molecule has 16 heavy (non-hydrogen) atoms. The molecule has 0 aliphatic heterocycles. The second-order valence-corrected chi connectivity index (χ2v) is 5.49. The van der Waals surface area contributed by atoms with E-state index in [1.54, 1.807) is 0 Å². The summed E-state index contributed by atoms with van der Waals surface area (Å²) >= 11 is 0. The molecule has 10 heteroatoms. The van der Waals surface area contributed by atoms with E-state index in [2.05, 4.69) is 0 Å². The van der Waals surface area contributed by atoms with Crippen molar-refractivity contribution in [1.82, 2.24) is 0 Å². The van der Waals surface area contributed by atoms with Crippen LogP contribution in [0.4, 0.5) is 0 Å². The van der Waals surface area contributed by atoms with Crippen LogP contribution >= 0.6 is 0 Å². The molecule has 0 atom stereocenters. The fourth-order valence-corrected chi connectivity index (χ4v) is 2.90. The molecule has 0 radical (unpaired) electrons. The first-order valence-electron chi connectivity index (χ1n) is 3.54. The minimum Gasteiger partial charge on any atom is -0.508 e. The number of phenols is 2. The zero-order valence-corrected chi connectivity index (χ0v) is 9.03. The zero-order valence-electron chi connectivity index (χ0n) is 7.39. The summed E-state index contributed by atoms with van der Waals surface area (Å²) in [5.41, 5.74) is 0. The van der Waals surface area contributed by atoms with Crippen molar-refractivity contribution in [3.05, 3.63) is 12.1 Å². The van der Waals surface area contributed by atoms with E-state index in [1.165, 1.54) is 0 Å². The van der Waals surface area contributed by atoms with Gasteiger partial charge in [0.15, 0.2) is 4.90 Å². The molecule has 1 aromatic carbocycles. The molecule has 0 spiro atoms. The van der Waals surface area contributed by atoms with Crippen LogP contribution in [0.3, 0.4) is 0 Å². The Morgan fingerprint density at radius 2 is 1.38 bits per heavy atom. The Labute approximate surface area is 90.3 Å². The Hall–Kier alpha value is -1.36. The largest absolute Gasteiger partial charge is 0.508 e. The first kappa shape index (κ1) is 12.7. The van der Waals surface area contributed by atoms with Gasteiger partial charge in [-0.2, -0.15) is 16.8 Å². The lowest BCUT2D eigenvalue weighted by Crippen LogP contribution is -2.08. The van der Waals surface area contributed by atoms with Gasteiger partial charge in [-0.3, -0.25) is 9.11 Å². The van der Waals surface area contributed by atoms with Crippen molar-refractivity contribution in [3.8, 4) is 11.5 Å². The fraction of sp³-hybridized carbons (Fsp3) is 0. The molecule has 1 rings (SSSR count). The zero-order chi connectivity index (χ0) is 12.7. The lowest BCUT2D eigenvalue weighted by atomic mass is 10.3. The highest BCUT2D eigenvalue weighted by Gasteiger charge is 2.28. The standard InChI is InChI=1S/C6H6O8S2/c7-3-1-4(8)6(16(12,13)14)5(2-3)15(9,10)11/h1-2,7-8H,(H,9,10,11)(H,12,13,14). The van der Waals surface area contributed by atoms with Crippen molar-refractivity contribution in [1.29, 1.82) is 0 Å². The lowest BCUT2D eigenvalue weighted by molar-refractivity contribution is 0.418. The quantitative estimate of drug-likeness (QED) is 0.530. The summed E-state index contributed by atoms with van der Waals surface area (Å²) in [5.74, 6) is -1.99. The highest BCUT2D eigenvalue weighted by atomic mass is 32.2. The number of hydrogen-bond donors (Lipinski definition) is 4. The maximum atomic E-state index is 10.8. The summed E-state index contributed by atoms with van der Waals surface area (Å²) < 4.78 is 60.4. The SMILES string of the molecule is O=S(=O)(O)c1cc(O)cc(O)c1S(=O)(=O)O. The fourth-order valence-electron chi connectivity index (χ4n) is 1.02. The lowest BCUT2D eigenvalue weighted by Gasteiger charge is -2.06. The number of hydrogen-bond acceptors (Lipinski definition) is 6. The molecule has 1 aromatic rings. The first-order valence-corrected chi connectivity index (χ1v) is 6.42. The highest BCUT2D eigenvalue weighted by molar-refractivity contribution is 7.89. The van der Waals surface area contributed by atoms with Gasteiger partial charge >= 0.3 is 0 Å². The van der Waals surface area contributed by atoms with Gasteiger partial charge in [0.1, 0.15) is 16.4 Å². The minimum atomic E-state index is -5.06. The summed E-state index contributed by atoms with van der Waals surface area (Å²) in [6.07, 6.45) is 0. The van der Waals surface area contributed by atoms with Crippen LogP contribution in [0, 0.1) is 0 Å². The molecule has 8 nitrogen and oxygen atoms in total. The molecule has 4 N–H and O–H groups in total. The molecular formula is C6H6O8S2. The molecule has 0 saturated carbocycles. The molecule has 0 aromatic heterocycles. The molecule has 0 fully saturated rings. The van der Waals surface area contributed by atoms with E-state index in [9.17, 15) is 16.8 Å². The molecule has 0 bridgehead atoms. The van der Waals surface area contributed by atoms with Gasteiger partial charge in [-0.15, -0.1) is 0 Å². The van der Waals surface area contributed by atoms with Gasteiger partial charge in [0.2, 0.25) is 0 Å². The van der Waals surface area contributed by atoms with Gasteiger partial charge in [-0.05, 0) is 0 Å². The van der Waals surface area contributed by atoms with Crippen LogP contribution in [0.15, 0.2) is 21.9 Å². The van der Waals surface area contributed by atoms with Gasteiger partial charge in [0, 0.05) is 12.1 Å². The number of benzene rings is 1. The Bertz CT molecular complexity index is 627. The predicted octanol–water partition coefficient (Wildman–Crippen LogP) is -0.409. The molecule has 0 aliphatic carbocycles. The van der Waals surface area contributed by atoms with Crippen molar-refractivity contribution in [2.24, 2.45) is 0 Å². The van der Waals surface area contributed by atoms with Crippen LogP contribution in [0.2, 0.25) is 0 Å². The smallest absolute Gasteiger partial charge is 0.299 e. The monoisotopic (exact) mass is 270 g/mol. The van der Waals surface area contributed by atoms with Crippen LogP contribution in [0.1, 0.15) is 0 Å².